The van der Waals surface area contributed by atoms with Crippen LogP contribution in [-0.4, -0.2) is 40.0 Å². The summed E-state index contributed by atoms with van der Waals surface area (Å²) in [5, 5.41) is 9.50. The van der Waals surface area contributed by atoms with E-state index >= 15 is 0 Å². The number of aromatic nitrogens is 1. The molecule has 0 spiro atoms. The van der Waals surface area contributed by atoms with Gasteiger partial charge in [-0.05, 0) is 47.4 Å². The fraction of sp³-hybridized carbons (Fsp3) is 0.538. The van der Waals surface area contributed by atoms with Crippen molar-refractivity contribution in [3.05, 3.63) is 21.5 Å². The van der Waals surface area contributed by atoms with Gasteiger partial charge in [0.15, 0.2) is 0 Å². The van der Waals surface area contributed by atoms with Crippen molar-refractivity contribution < 1.29 is 14.7 Å². The van der Waals surface area contributed by atoms with Crippen LogP contribution in [-0.2, 0) is 4.79 Å². The third kappa shape index (κ3) is 1.96. The molecule has 1 aliphatic heterocycles. The second-order valence-corrected chi connectivity index (χ2v) is 6.71. The van der Waals surface area contributed by atoms with E-state index in [2.05, 4.69) is 27.6 Å². The molecule has 1 saturated heterocycles. The Kier molecular flexibility index (Phi) is 3.07. The monoisotopic (exact) mass is 374 g/mol. The molecular weight excluding hydrogens is 359 g/mol. The van der Waals surface area contributed by atoms with Gasteiger partial charge in [-0.3, -0.25) is 9.59 Å². The fourth-order valence-electron chi connectivity index (χ4n) is 3.46. The number of amides is 1. The van der Waals surface area contributed by atoms with Gasteiger partial charge in [-0.1, -0.05) is 6.42 Å². The lowest BCUT2D eigenvalue weighted by Crippen LogP contribution is -2.37. The number of hydrogen-bond donors (Lipinski definition) is 2. The molecule has 0 bridgehead atoms. The SMILES string of the molecule is O=C(c1cc(I)c[nH]1)N1C[C@@H]2CCC[C@@]2(C(=O)O)C1. The fourth-order valence-corrected chi connectivity index (χ4v) is 3.92. The second kappa shape index (κ2) is 4.50. The number of likely N-dealkylation sites (tertiary alicyclic amines) is 1. The summed E-state index contributed by atoms with van der Waals surface area (Å²) in [6.07, 6.45) is 4.34. The van der Waals surface area contributed by atoms with E-state index in [9.17, 15) is 14.7 Å². The summed E-state index contributed by atoms with van der Waals surface area (Å²) in [6.45, 7) is 0.919. The molecule has 3 rings (SSSR count). The number of carboxylic acid groups (broad SMARTS) is 1. The molecular formula is C13H15IN2O3. The largest absolute Gasteiger partial charge is 0.481 e. The number of halogens is 1. The Labute approximate surface area is 124 Å². The molecule has 2 heterocycles. The van der Waals surface area contributed by atoms with E-state index < -0.39 is 11.4 Å². The Morgan fingerprint density at radius 1 is 1.53 bits per heavy atom. The Bertz CT molecular complexity index is 542. The van der Waals surface area contributed by atoms with E-state index in [4.69, 9.17) is 0 Å². The molecule has 5 nitrogen and oxygen atoms in total. The lowest BCUT2D eigenvalue weighted by molar-refractivity contribution is -0.149. The molecule has 19 heavy (non-hydrogen) atoms. The molecule has 1 saturated carbocycles. The van der Waals surface area contributed by atoms with Crippen LogP contribution in [0.5, 0.6) is 0 Å². The number of nitrogens with zero attached hydrogens (tertiary/aromatic N) is 1. The number of H-pyrrole nitrogens is 1. The van der Waals surface area contributed by atoms with Crippen LogP contribution in [0.15, 0.2) is 12.3 Å². The molecule has 2 fully saturated rings. The van der Waals surface area contributed by atoms with Crippen LogP contribution < -0.4 is 0 Å². The third-order valence-corrected chi connectivity index (χ3v) is 5.08. The number of carboxylic acids is 1. The summed E-state index contributed by atoms with van der Waals surface area (Å²) in [7, 11) is 0. The highest BCUT2D eigenvalue weighted by molar-refractivity contribution is 14.1. The zero-order valence-electron chi connectivity index (χ0n) is 10.4. The average Bonchev–Trinajstić information content (AvgIpc) is 3.00. The molecule has 2 atom stereocenters. The smallest absolute Gasteiger partial charge is 0.311 e. The number of nitrogens with one attached hydrogen (secondary N) is 1. The first-order valence-electron chi connectivity index (χ1n) is 6.39. The maximum Gasteiger partial charge on any atom is 0.311 e. The van der Waals surface area contributed by atoms with E-state index in [1.54, 1.807) is 17.2 Å². The first kappa shape index (κ1) is 13.0. The van der Waals surface area contributed by atoms with Crippen molar-refractivity contribution in [1.82, 2.24) is 9.88 Å². The zero-order chi connectivity index (χ0) is 13.6. The molecule has 102 valence electrons. The first-order chi connectivity index (χ1) is 9.03. The van der Waals surface area contributed by atoms with Gasteiger partial charge in [-0.2, -0.15) is 0 Å². The van der Waals surface area contributed by atoms with Crippen LogP contribution in [0.3, 0.4) is 0 Å². The number of aliphatic carboxylic acids is 1. The predicted octanol–water partition coefficient (Wildman–Crippen LogP) is 1.95. The summed E-state index contributed by atoms with van der Waals surface area (Å²) in [6, 6.07) is 1.80. The van der Waals surface area contributed by atoms with Gasteiger partial charge in [0, 0.05) is 22.9 Å². The van der Waals surface area contributed by atoms with Crippen molar-refractivity contribution in [3.8, 4) is 0 Å². The van der Waals surface area contributed by atoms with Crippen LogP contribution in [0, 0.1) is 14.9 Å². The van der Waals surface area contributed by atoms with Crippen LogP contribution in [0.2, 0.25) is 0 Å². The maximum absolute atomic E-state index is 12.4. The van der Waals surface area contributed by atoms with Crippen molar-refractivity contribution in [3.63, 3.8) is 0 Å². The van der Waals surface area contributed by atoms with Crippen molar-refractivity contribution in [1.29, 1.82) is 0 Å². The van der Waals surface area contributed by atoms with Gasteiger partial charge in [0.1, 0.15) is 5.69 Å². The topological polar surface area (TPSA) is 73.4 Å². The molecule has 1 aromatic rings. The molecule has 0 radical (unpaired) electrons. The minimum absolute atomic E-state index is 0.0852. The van der Waals surface area contributed by atoms with Gasteiger partial charge < -0.3 is 15.0 Å². The summed E-state index contributed by atoms with van der Waals surface area (Å²) in [4.78, 5) is 28.6. The van der Waals surface area contributed by atoms with E-state index in [0.29, 0.717) is 25.2 Å². The number of fused-ring (bicyclic) bond motifs is 1. The Morgan fingerprint density at radius 2 is 2.32 bits per heavy atom. The van der Waals surface area contributed by atoms with E-state index in [0.717, 1.165) is 16.4 Å². The molecule has 0 unspecified atom stereocenters. The summed E-state index contributed by atoms with van der Waals surface area (Å²) < 4.78 is 0.980. The van der Waals surface area contributed by atoms with Gasteiger partial charge in [0.2, 0.25) is 0 Å². The van der Waals surface area contributed by atoms with Crippen molar-refractivity contribution >= 4 is 34.5 Å². The Morgan fingerprint density at radius 3 is 2.89 bits per heavy atom. The quantitative estimate of drug-likeness (QED) is 0.778. The standard InChI is InChI=1S/C13H15IN2O3/c14-9-4-10(15-5-9)11(17)16-6-8-2-1-3-13(8,7-16)12(18)19/h4-5,8,15H,1-3,6-7H2,(H,18,19)/t8-,13+/m0/s1. The van der Waals surface area contributed by atoms with Gasteiger partial charge in [0.05, 0.1) is 5.41 Å². The highest BCUT2D eigenvalue weighted by atomic mass is 127. The number of aromatic amines is 1. The molecule has 6 heteroatoms. The summed E-state index contributed by atoms with van der Waals surface area (Å²) in [5.41, 5.74) is -0.153. The van der Waals surface area contributed by atoms with E-state index in [1.165, 1.54) is 0 Å². The normalized spacial score (nSPS) is 29.5. The highest BCUT2D eigenvalue weighted by Crippen LogP contribution is 2.49. The molecule has 2 aliphatic rings. The van der Waals surface area contributed by atoms with Crippen LogP contribution in [0.4, 0.5) is 0 Å². The average molecular weight is 374 g/mol. The number of carbonyl (C=O) groups excluding carboxylic acids is 1. The van der Waals surface area contributed by atoms with Gasteiger partial charge in [-0.25, -0.2) is 0 Å². The van der Waals surface area contributed by atoms with Gasteiger partial charge in [-0.15, -0.1) is 0 Å². The molecule has 2 N–H and O–H groups in total. The highest BCUT2D eigenvalue weighted by Gasteiger charge is 2.55. The van der Waals surface area contributed by atoms with Crippen LogP contribution in [0.1, 0.15) is 29.8 Å². The lowest BCUT2D eigenvalue weighted by atomic mass is 9.81. The van der Waals surface area contributed by atoms with Crippen LogP contribution in [0.25, 0.3) is 0 Å². The van der Waals surface area contributed by atoms with Crippen molar-refractivity contribution in [2.24, 2.45) is 11.3 Å². The molecule has 0 aromatic carbocycles. The second-order valence-electron chi connectivity index (χ2n) is 5.47. The van der Waals surface area contributed by atoms with Gasteiger partial charge in [0.25, 0.3) is 5.91 Å². The third-order valence-electron chi connectivity index (χ3n) is 4.46. The van der Waals surface area contributed by atoms with E-state index in [1.807, 2.05) is 0 Å². The summed E-state index contributed by atoms with van der Waals surface area (Å²) >= 11 is 2.14. The first-order valence-corrected chi connectivity index (χ1v) is 7.47. The zero-order valence-corrected chi connectivity index (χ0v) is 12.5. The minimum Gasteiger partial charge on any atom is -0.481 e. The van der Waals surface area contributed by atoms with E-state index in [-0.39, 0.29) is 11.8 Å². The molecule has 1 aromatic heterocycles. The number of hydrogen-bond acceptors (Lipinski definition) is 2. The van der Waals surface area contributed by atoms with Crippen LogP contribution >= 0.6 is 22.6 Å². The van der Waals surface area contributed by atoms with Crippen molar-refractivity contribution in [2.45, 2.75) is 19.3 Å². The Hall–Kier alpha value is -1.05. The van der Waals surface area contributed by atoms with Crippen molar-refractivity contribution in [2.75, 3.05) is 13.1 Å². The summed E-state index contributed by atoms with van der Waals surface area (Å²) in [5.74, 6) is -0.715. The maximum atomic E-state index is 12.4. The molecule has 1 aliphatic carbocycles. The van der Waals surface area contributed by atoms with Gasteiger partial charge >= 0.3 is 5.97 Å². The number of carbonyl (C=O) groups is 2. The minimum atomic E-state index is -0.744. The number of rotatable bonds is 2. The Balaban J connectivity index is 1.82. The predicted molar refractivity (Wildman–Crippen MR) is 76.8 cm³/mol. The lowest BCUT2D eigenvalue weighted by Gasteiger charge is -2.23. The molecule has 1 amide bonds.